The average molecular weight is 340 g/mol. The van der Waals surface area contributed by atoms with Crippen LogP contribution in [0.3, 0.4) is 0 Å². The second-order valence-electron chi connectivity index (χ2n) is 4.73. The topological polar surface area (TPSA) is 3.24 Å². The number of anilines is 1. The van der Waals surface area contributed by atoms with Crippen molar-refractivity contribution in [1.82, 2.24) is 0 Å². The third kappa shape index (κ3) is 3.41. The maximum Gasteiger partial charge on any atom is 0.393 e. The van der Waals surface area contributed by atoms with Crippen LogP contribution in [0.2, 0.25) is 0 Å². The lowest BCUT2D eigenvalue weighted by molar-refractivity contribution is -0.176. The van der Waals surface area contributed by atoms with Gasteiger partial charge in [0.1, 0.15) is 5.82 Å². The first-order valence-electron chi connectivity index (χ1n) is 6.08. The molecule has 0 radical (unpaired) electrons. The summed E-state index contributed by atoms with van der Waals surface area (Å²) >= 11 is 3.25. The second-order valence-corrected chi connectivity index (χ2v) is 5.29. The maximum atomic E-state index is 13.1. The number of rotatable bonds is 2. The largest absolute Gasteiger partial charge is 0.393 e. The lowest BCUT2D eigenvalue weighted by Crippen LogP contribution is -2.42. The van der Waals surface area contributed by atoms with Gasteiger partial charge in [0.25, 0.3) is 0 Å². The molecule has 1 aromatic carbocycles. The van der Waals surface area contributed by atoms with Crippen LogP contribution in [-0.4, -0.2) is 19.3 Å². The van der Waals surface area contributed by atoms with Crippen LogP contribution in [0.4, 0.5) is 23.2 Å². The lowest BCUT2D eigenvalue weighted by atomic mass is 9.96. The standard InChI is InChI=1S/C13H14BrF4N/c14-7-9-6-11(15)3-4-12(9)19-5-1-2-10(8-19)13(16,17)18/h3-4,6,10H,1-2,5,7-8H2. The monoisotopic (exact) mass is 339 g/mol. The highest BCUT2D eigenvalue weighted by Gasteiger charge is 2.42. The van der Waals surface area contributed by atoms with E-state index in [4.69, 9.17) is 0 Å². The second kappa shape index (κ2) is 5.69. The van der Waals surface area contributed by atoms with Gasteiger partial charge < -0.3 is 4.90 Å². The van der Waals surface area contributed by atoms with Gasteiger partial charge in [-0.2, -0.15) is 13.2 Å². The van der Waals surface area contributed by atoms with Crippen LogP contribution in [0.5, 0.6) is 0 Å². The van der Waals surface area contributed by atoms with E-state index in [0.29, 0.717) is 29.5 Å². The number of hydrogen-bond donors (Lipinski definition) is 0. The van der Waals surface area contributed by atoms with Crippen molar-refractivity contribution >= 4 is 21.6 Å². The molecule has 1 aliphatic rings. The Morgan fingerprint density at radius 3 is 2.68 bits per heavy atom. The van der Waals surface area contributed by atoms with Crippen molar-refractivity contribution in [2.45, 2.75) is 24.3 Å². The zero-order valence-corrected chi connectivity index (χ0v) is 11.8. The number of nitrogens with zero attached hydrogens (tertiary/aromatic N) is 1. The Bertz CT molecular complexity index is 447. The molecule has 0 aliphatic carbocycles. The molecule has 1 fully saturated rings. The van der Waals surface area contributed by atoms with Crippen LogP contribution in [0.25, 0.3) is 0 Å². The van der Waals surface area contributed by atoms with Crippen LogP contribution in [-0.2, 0) is 5.33 Å². The van der Waals surface area contributed by atoms with Gasteiger partial charge in [-0.05, 0) is 36.6 Å². The molecule has 1 unspecified atom stereocenters. The highest BCUT2D eigenvalue weighted by atomic mass is 79.9. The molecular weight excluding hydrogens is 326 g/mol. The molecule has 0 aromatic heterocycles. The SMILES string of the molecule is Fc1ccc(N2CCCC(C(F)(F)F)C2)c(CBr)c1. The van der Waals surface area contributed by atoms with Crippen LogP contribution in [0.15, 0.2) is 18.2 Å². The van der Waals surface area contributed by atoms with Gasteiger partial charge in [0.05, 0.1) is 5.92 Å². The average Bonchev–Trinajstić information content (AvgIpc) is 2.37. The van der Waals surface area contributed by atoms with Gasteiger partial charge in [-0.15, -0.1) is 0 Å². The van der Waals surface area contributed by atoms with E-state index in [0.717, 1.165) is 0 Å². The van der Waals surface area contributed by atoms with E-state index in [-0.39, 0.29) is 18.8 Å². The summed E-state index contributed by atoms with van der Waals surface area (Å²) in [4.78, 5) is 1.71. The van der Waals surface area contributed by atoms with E-state index in [9.17, 15) is 17.6 Å². The lowest BCUT2D eigenvalue weighted by Gasteiger charge is -2.36. The van der Waals surface area contributed by atoms with E-state index in [1.807, 2.05) is 0 Å². The molecule has 2 rings (SSSR count). The number of halogens is 5. The molecule has 1 heterocycles. The molecule has 6 heteroatoms. The van der Waals surface area contributed by atoms with Gasteiger partial charge in [0, 0.05) is 24.1 Å². The van der Waals surface area contributed by atoms with E-state index >= 15 is 0 Å². The number of hydrogen-bond acceptors (Lipinski definition) is 1. The third-order valence-corrected chi connectivity index (χ3v) is 4.01. The molecule has 106 valence electrons. The summed E-state index contributed by atoms with van der Waals surface area (Å²) in [6, 6.07) is 4.21. The third-order valence-electron chi connectivity index (χ3n) is 3.41. The van der Waals surface area contributed by atoms with Crippen molar-refractivity contribution in [1.29, 1.82) is 0 Å². The Hall–Kier alpha value is -0.780. The highest BCUT2D eigenvalue weighted by Crippen LogP contribution is 2.36. The summed E-state index contributed by atoms with van der Waals surface area (Å²) in [5, 5.41) is 0.424. The van der Waals surface area contributed by atoms with Gasteiger partial charge in [-0.3, -0.25) is 0 Å². The normalized spacial score (nSPS) is 20.7. The van der Waals surface area contributed by atoms with Gasteiger partial charge in [0.15, 0.2) is 0 Å². The zero-order chi connectivity index (χ0) is 14.0. The fourth-order valence-corrected chi connectivity index (χ4v) is 2.88. The molecule has 1 atom stereocenters. The van der Waals surface area contributed by atoms with E-state index in [2.05, 4.69) is 15.9 Å². The Morgan fingerprint density at radius 2 is 2.05 bits per heavy atom. The van der Waals surface area contributed by atoms with Gasteiger partial charge in [-0.25, -0.2) is 4.39 Å². The van der Waals surface area contributed by atoms with Crippen LogP contribution in [0.1, 0.15) is 18.4 Å². The molecule has 1 saturated heterocycles. The van der Waals surface area contributed by atoms with Crippen molar-refractivity contribution in [3.05, 3.63) is 29.6 Å². The van der Waals surface area contributed by atoms with Crippen LogP contribution in [0, 0.1) is 11.7 Å². The molecule has 19 heavy (non-hydrogen) atoms. The minimum Gasteiger partial charge on any atom is -0.371 e. The quantitative estimate of drug-likeness (QED) is 0.566. The van der Waals surface area contributed by atoms with E-state index in [1.54, 1.807) is 11.0 Å². The first-order chi connectivity index (χ1) is 8.91. The minimum absolute atomic E-state index is 0.0465. The van der Waals surface area contributed by atoms with Crippen molar-refractivity contribution in [2.24, 2.45) is 5.92 Å². The van der Waals surface area contributed by atoms with Crippen molar-refractivity contribution in [3.8, 4) is 0 Å². The number of benzene rings is 1. The van der Waals surface area contributed by atoms with Crippen molar-refractivity contribution < 1.29 is 17.6 Å². The molecule has 0 N–H and O–H groups in total. The zero-order valence-electron chi connectivity index (χ0n) is 10.2. The van der Waals surface area contributed by atoms with Crippen molar-refractivity contribution in [3.63, 3.8) is 0 Å². The van der Waals surface area contributed by atoms with E-state index < -0.39 is 12.1 Å². The predicted molar refractivity (Wildman–Crippen MR) is 70.0 cm³/mol. The molecule has 1 aliphatic heterocycles. The Morgan fingerprint density at radius 1 is 1.32 bits per heavy atom. The summed E-state index contributed by atoms with van der Waals surface area (Å²) in [5.74, 6) is -1.67. The van der Waals surface area contributed by atoms with Gasteiger partial charge in [0.2, 0.25) is 0 Å². The fourth-order valence-electron chi connectivity index (χ4n) is 2.43. The smallest absolute Gasteiger partial charge is 0.371 e. The molecule has 0 amide bonds. The van der Waals surface area contributed by atoms with E-state index in [1.165, 1.54) is 12.1 Å². The molecule has 0 spiro atoms. The first-order valence-corrected chi connectivity index (χ1v) is 7.20. The summed E-state index contributed by atoms with van der Waals surface area (Å²) in [7, 11) is 0. The summed E-state index contributed by atoms with van der Waals surface area (Å²) < 4.78 is 51.5. The minimum atomic E-state index is -4.16. The summed E-state index contributed by atoms with van der Waals surface area (Å²) in [6.45, 7) is 0.535. The van der Waals surface area contributed by atoms with Crippen molar-refractivity contribution in [2.75, 3.05) is 18.0 Å². The Kier molecular flexibility index (Phi) is 4.38. The molecule has 0 bridgehead atoms. The maximum absolute atomic E-state index is 13.1. The number of piperidine rings is 1. The highest BCUT2D eigenvalue weighted by molar-refractivity contribution is 9.08. The summed E-state index contributed by atoms with van der Waals surface area (Å²) in [6.07, 6.45) is -3.48. The van der Waals surface area contributed by atoms with Gasteiger partial charge in [-0.1, -0.05) is 15.9 Å². The number of alkyl halides is 4. The first kappa shape index (κ1) is 14.6. The Balaban J connectivity index is 2.22. The van der Waals surface area contributed by atoms with Gasteiger partial charge >= 0.3 is 6.18 Å². The molecular formula is C13H14BrF4N. The molecule has 0 saturated carbocycles. The predicted octanol–water partition coefficient (Wildman–Crippen LogP) is 4.50. The summed E-state index contributed by atoms with van der Waals surface area (Å²) in [5.41, 5.74) is 1.37. The van der Waals surface area contributed by atoms with Crippen LogP contribution >= 0.6 is 15.9 Å². The fraction of sp³-hybridized carbons (Fsp3) is 0.538. The molecule has 1 aromatic rings. The van der Waals surface area contributed by atoms with Crippen LogP contribution < -0.4 is 4.90 Å². The molecule has 1 nitrogen and oxygen atoms in total. The Labute approximate surface area is 117 Å².